The number of aromatic hydroxyl groups is 1. The van der Waals surface area contributed by atoms with Crippen molar-refractivity contribution in [1.82, 2.24) is 0 Å². The molecule has 0 spiro atoms. The standard InChI is InChI=1S/C11H18N2O3S/c1-12-9-4-5-11(15)10(8-9)13-17(16)7-3-2-6-14/h4-5,8,12-15H,2-3,6-7H2,1H3. The Morgan fingerprint density at radius 2 is 2.12 bits per heavy atom. The molecule has 1 unspecified atom stereocenters. The van der Waals surface area contributed by atoms with Gasteiger partial charge in [-0.05, 0) is 31.0 Å². The van der Waals surface area contributed by atoms with Gasteiger partial charge in [-0.3, -0.25) is 0 Å². The summed E-state index contributed by atoms with van der Waals surface area (Å²) in [5, 5.41) is 21.1. The van der Waals surface area contributed by atoms with Crippen molar-refractivity contribution < 1.29 is 14.4 Å². The molecule has 1 aromatic rings. The van der Waals surface area contributed by atoms with Crippen LogP contribution in [0.25, 0.3) is 0 Å². The molecule has 0 bridgehead atoms. The summed E-state index contributed by atoms with van der Waals surface area (Å²) in [6.45, 7) is 0.109. The first kappa shape index (κ1) is 13.8. The number of anilines is 2. The number of phenolic OH excluding ortho intramolecular Hbond substituents is 1. The second-order valence-corrected chi connectivity index (χ2v) is 4.87. The van der Waals surface area contributed by atoms with Gasteiger partial charge in [0.1, 0.15) is 16.7 Å². The minimum Gasteiger partial charge on any atom is -0.506 e. The van der Waals surface area contributed by atoms with Crippen molar-refractivity contribution in [3.8, 4) is 5.75 Å². The lowest BCUT2D eigenvalue weighted by Crippen LogP contribution is -2.09. The topological polar surface area (TPSA) is 81.6 Å². The summed E-state index contributed by atoms with van der Waals surface area (Å²) >= 11 is 0. The maximum absolute atomic E-state index is 11.6. The molecule has 0 amide bonds. The average molecular weight is 258 g/mol. The molecule has 1 rings (SSSR count). The predicted octanol–water partition coefficient (Wildman–Crippen LogP) is 1.28. The molecule has 0 aliphatic carbocycles. The lowest BCUT2D eigenvalue weighted by atomic mass is 10.2. The Morgan fingerprint density at radius 3 is 2.76 bits per heavy atom. The Bertz CT molecular complexity index is 385. The Kier molecular flexibility index (Phi) is 5.79. The minimum absolute atomic E-state index is 0.0690. The van der Waals surface area contributed by atoms with Crippen LogP contribution in [0, 0.1) is 0 Å². The summed E-state index contributed by atoms with van der Waals surface area (Å²) < 4.78 is 14.4. The summed E-state index contributed by atoms with van der Waals surface area (Å²) in [7, 11) is 0.530. The van der Waals surface area contributed by atoms with Gasteiger partial charge >= 0.3 is 0 Å². The van der Waals surface area contributed by atoms with E-state index in [1.165, 1.54) is 0 Å². The summed E-state index contributed by atoms with van der Waals surface area (Å²) in [6.07, 6.45) is 1.32. The molecular weight excluding hydrogens is 240 g/mol. The van der Waals surface area contributed by atoms with Crippen LogP contribution >= 0.6 is 0 Å². The lowest BCUT2D eigenvalue weighted by molar-refractivity contribution is 0.287. The van der Waals surface area contributed by atoms with Crippen molar-refractivity contribution in [1.29, 1.82) is 0 Å². The minimum atomic E-state index is -1.24. The SMILES string of the molecule is CNc1ccc(O)c(NS(=O)CCCCO)c1. The Morgan fingerprint density at radius 1 is 1.35 bits per heavy atom. The van der Waals surface area contributed by atoms with Gasteiger partial charge in [0.25, 0.3) is 0 Å². The summed E-state index contributed by atoms with van der Waals surface area (Å²) in [5.41, 5.74) is 1.27. The maximum Gasteiger partial charge on any atom is 0.139 e. The summed E-state index contributed by atoms with van der Waals surface area (Å²) in [4.78, 5) is 0. The van der Waals surface area contributed by atoms with Crippen LogP contribution in [0.3, 0.4) is 0 Å². The molecule has 1 aromatic carbocycles. The molecule has 4 N–H and O–H groups in total. The van der Waals surface area contributed by atoms with Gasteiger partial charge in [0.05, 0.1) is 5.69 Å². The second-order valence-electron chi connectivity index (χ2n) is 3.56. The van der Waals surface area contributed by atoms with Crippen molar-refractivity contribution in [2.75, 3.05) is 29.4 Å². The van der Waals surface area contributed by atoms with Gasteiger partial charge in [0.2, 0.25) is 0 Å². The number of nitrogens with one attached hydrogen (secondary N) is 2. The lowest BCUT2D eigenvalue weighted by Gasteiger charge is -2.09. The van der Waals surface area contributed by atoms with E-state index in [0.717, 1.165) is 5.69 Å². The summed E-state index contributed by atoms with van der Waals surface area (Å²) in [6, 6.07) is 4.97. The number of unbranched alkanes of at least 4 members (excludes halogenated alkanes) is 1. The van der Waals surface area contributed by atoms with Crippen LogP contribution < -0.4 is 10.0 Å². The van der Waals surface area contributed by atoms with Gasteiger partial charge < -0.3 is 20.3 Å². The van der Waals surface area contributed by atoms with E-state index in [1.807, 2.05) is 0 Å². The number of aliphatic hydroxyl groups is 1. The van der Waals surface area contributed by atoms with Crippen molar-refractivity contribution >= 4 is 22.4 Å². The third kappa shape index (κ3) is 4.62. The number of hydrogen-bond acceptors (Lipinski definition) is 4. The van der Waals surface area contributed by atoms with Crippen LogP contribution in [-0.2, 0) is 11.0 Å². The molecule has 0 heterocycles. The molecule has 0 saturated heterocycles. The molecule has 0 saturated carbocycles. The zero-order chi connectivity index (χ0) is 12.7. The highest BCUT2D eigenvalue weighted by Gasteiger charge is 2.05. The predicted molar refractivity (Wildman–Crippen MR) is 70.6 cm³/mol. The zero-order valence-corrected chi connectivity index (χ0v) is 10.6. The van der Waals surface area contributed by atoms with E-state index in [2.05, 4.69) is 10.0 Å². The van der Waals surface area contributed by atoms with Crippen molar-refractivity contribution in [3.63, 3.8) is 0 Å². The third-order valence-electron chi connectivity index (χ3n) is 2.25. The number of rotatable bonds is 7. The normalized spacial score (nSPS) is 12.1. The summed E-state index contributed by atoms with van der Waals surface area (Å²) in [5.74, 6) is 0.517. The molecule has 6 heteroatoms. The maximum atomic E-state index is 11.6. The van der Waals surface area contributed by atoms with E-state index in [4.69, 9.17) is 5.11 Å². The van der Waals surface area contributed by atoms with Gasteiger partial charge in [-0.15, -0.1) is 0 Å². The fraction of sp³-hybridized carbons (Fsp3) is 0.455. The van der Waals surface area contributed by atoms with Crippen molar-refractivity contribution in [2.45, 2.75) is 12.8 Å². The first-order valence-electron chi connectivity index (χ1n) is 5.44. The smallest absolute Gasteiger partial charge is 0.139 e. The van der Waals surface area contributed by atoms with Crippen LogP contribution in [0.1, 0.15) is 12.8 Å². The zero-order valence-electron chi connectivity index (χ0n) is 9.77. The number of phenols is 1. The molecule has 96 valence electrons. The molecule has 0 aliphatic heterocycles. The quantitative estimate of drug-likeness (QED) is 0.337. The fourth-order valence-electron chi connectivity index (χ4n) is 1.29. The van der Waals surface area contributed by atoms with Crippen LogP contribution in [0.4, 0.5) is 11.4 Å². The Hall–Kier alpha value is -1.27. The van der Waals surface area contributed by atoms with E-state index < -0.39 is 11.0 Å². The van der Waals surface area contributed by atoms with Gasteiger partial charge in [-0.1, -0.05) is 0 Å². The second kappa shape index (κ2) is 7.13. The van der Waals surface area contributed by atoms with Crippen LogP contribution in [0.5, 0.6) is 5.75 Å². The van der Waals surface area contributed by atoms with E-state index in [-0.39, 0.29) is 12.4 Å². The highest BCUT2D eigenvalue weighted by atomic mass is 32.2. The molecule has 0 radical (unpaired) electrons. The van der Waals surface area contributed by atoms with E-state index in [1.54, 1.807) is 25.2 Å². The highest BCUT2D eigenvalue weighted by molar-refractivity contribution is 7.86. The van der Waals surface area contributed by atoms with Crippen LogP contribution in [-0.4, -0.2) is 33.8 Å². The van der Waals surface area contributed by atoms with Crippen LogP contribution in [0.2, 0.25) is 0 Å². The van der Waals surface area contributed by atoms with Crippen molar-refractivity contribution in [3.05, 3.63) is 18.2 Å². The fourth-order valence-corrected chi connectivity index (χ4v) is 2.27. The van der Waals surface area contributed by atoms with E-state index in [9.17, 15) is 9.32 Å². The van der Waals surface area contributed by atoms with Crippen molar-refractivity contribution in [2.24, 2.45) is 0 Å². The molecule has 0 aromatic heterocycles. The average Bonchev–Trinajstić information content (AvgIpc) is 2.32. The first-order chi connectivity index (χ1) is 8.17. The highest BCUT2D eigenvalue weighted by Crippen LogP contribution is 2.26. The van der Waals surface area contributed by atoms with Gasteiger partial charge in [0, 0.05) is 25.1 Å². The van der Waals surface area contributed by atoms with Gasteiger partial charge in [0.15, 0.2) is 0 Å². The van der Waals surface area contributed by atoms with Gasteiger partial charge in [-0.2, -0.15) is 0 Å². The van der Waals surface area contributed by atoms with E-state index in [0.29, 0.717) is 24.3 Å². The van der Waals surface area contributed by atoms with E-state index >= 15 is 0 Å². The largest absolute Gasteiger partial charge is 0.506 e. The monoisotopic (exact) mass is 258 g/mol. The molecule has 0 fully saturated rings. The van der Waals surface area contributed by atoms with Gasteiger partial charge in [-0.25, -0.2) is 4.21 Å². The first-order valence-corrected chi connectivity index (χ1v) is 6.76. The molecular formula is C11H18N2O3S. The molecule has 0 aliphatic rings. The Labute approximate surface area is 103 Å². The van der Waals surface area contributed by atoms with Crippen LogP contribution in [0.15, 0.2) is 18.2 Å². The Balaban J connectivity index is 2.57. The molecule has 17 heavy (non-hydrogen) atoms. The molecule has 5 nitrogen and oxygen atoms in total. The molecule has 1 atom stereocenters. The number of aliphatic hydroxyl groups excluding tert-OH is 1. The number of hydrogen-bond donors (Lipinski definition) is 4. The third-order valence-corrected chi connectivity index (χ3v) is 3.35. The number of benzene rings is 1.